The SMILES string of the molecule is COc1cc(C)c(SNC2CCC(C(NC(=O)CN3CCNCC3=O)C(=O)C(=O)O)CC2)c(C)c1C. The van der Waals surface area contributed by atoms with Crippen LogP contribution < -0.4 is 20.1 Å². The Kier molecular flexibility index (Phi) is 9.75. The molecule has 1 saturated carbocycles. The number of carboxylic acids is 1. The molecule has 36 heavy (non-hydrogen) atoms. The minimum Gasteiger partial charge on any atom is -0.496 e. The van der Waals surface area contributed by atoms with Gasteiger partial charge in [-0.1, -0.05) is 0 Å². The molecule has 0 spiro atoms. The summed E-state index contributed by atoms with van der Waals surface area (Å²) in [7, 11) is 1.67. The number of piperazine rings is 1. The molecule has 2 aliphatic rings. The molecule has 0 bridgehead atoms. The summed E-state index contributed by atoms with van der Waals surface area (Å²) in [5, 5.41) is 14.9. The van der Waals surface area contributed by atoms with E-state index >= 15 is 0 Å². The van der Waals surface area contributed by atoms with Gasteiger partial charge in [-0.25, -0.2) is 4.79 Å². The maximum Gasteiger partial charge on any atom is 0.374 e. The number of hydrogen-bond acceptors (Lipinski definition) is 8. The Labute approximate surface area is 216 Å². The fourth-order valence-electron chi connectivity index (χ4n) is 4.84. The Balaban J connectivity index is 1.58. The number of carboxylic acid groups (broad SMARTS) is 1. The van der Waals surface area contributed by atoms with Gasteiger partial charge in [0.1, 0.15) is 11.8 Å². The van der Waals surface area contributed by atoms with Gasteiger partial charge in [0.25, 0.3) is 5.78 Å². The summed E-state index contributed by atoms with van der Waals surface area (Å²) >= 11 is 1.59. The number of Topliss-reactive ketones (excluding diaryl/α,β-unsaturated/α-hetero) is 1. The van der Waals surface area contributed by atoms with Crippen molar-refractivity contribution in [3.63, 3.8) is 0 Å². The van der Waals surface area contributed by atoms with Crippen molar-refractivity contribution in [1.82, 2.24) is 20.3 Å². The molecule has 1 aromatic rings. The van der Waals surface area contributed by atoms with E-state index in [4.69, 9.17) is 4.74 Å². The number of aliphatic carboxylic acids is 1. The van der Waals surface area contributed by atoms with Gasteiger partial charge in [0, 0.05) is 24.0 Å². The summed E-state index contributed by atoms with van der Waals surface area (Å²) in [5.74, 6) is -2.69. The molecular weight excluding hydrogens is 484 g/mol. The summed E-state index contributed by atoms with van der Waals surface area (Å²) in [4.78, 5) is 51.1. The van der Waals surface area contributed by atoms with Gasteiger partial charge in [0.2, 0.25) is 11.8 Å². The second-order valence-corrected chi connectivity index (χ2v) is 10.4. The van der Waals surface area contributed by atoms with Crippen LogP contribution in [-0.4, -0.2) is 78.9 Å². The Bertz CT molecular complexity index is 1010. The maximum absolute atomic E-state index is 12.6. The van der Waals surface area contributed by atoms with Crippen LogP contribution in [0.25, 0.3) is 0 Å². The number of carbonyl (C=O) groups excluding carboxylic acids is 3. The molecule has 1 heterocycles. The van der Waals surface area contributed by atoms with E-state index in [2.05, 4.69) is 29.2 Å². The highest BCUT2D eigenvalue weighted by atomic mass is 32.2. The zero-order valence-corrected chi connectivity index (χ0v) is 22.1. The van der Waals surface area contributed by atoms with Gasteiger partial charge in [-0.15, -0.1) is 0 Å². The third-order valence-electron chi connectivity index (χ3n) is 7.10. The number of nitrogens with one attached hydrogen (secondary N) is 3. The van der Waals surface area contributed by atoms with E-state index in [9.17, 15) is 24.3 Å². The van der Waals surface area contributed by atoms with Crippen molar-refractivity contribution in [2.24, 2.45) is 5.92 Å². The van der Waals surface area contributed by atoms with Crippen LogP contribution >= 0.6 is 11.9 Å². The average molecular weight is 521 g/mol. The maximum atomic E-state index is 12.6. The van der Waals surface area contributed by atoms with E-state index in [0.717, 1.165) is 40.2 Å². The molecule has 1 unspecified atom stereocenters. The molecule has 1 aliphatic carbocycles. The second-order valence-electron chi connectivity index (χ2n) is 9.51. The lowest BCUT2D eigenvalue weighted by Gasteiger charge is -2.34. The van der Waals surface area contributed by atoms with Crippen LogP contribution in [0.1, 0.15) is 42.4 Å². The summed E-state index contributed by atoms with van der Waals surface area (Å²) in [5.41, 5.74) is 3.39. The highest BCUT2D eigenvalue weighted by Crippen LogP contribution is 2.35. The van der Waals surface area contributed by atoms with E-state index in [1.807, 2.05) is 13.0 Å². The average Bonchev–Trinajstić information content (AvgIpc) is 2.86. The molecule has 1 aliphatic heterocycles. The van der Waals surface area contributed by atoms with Crippen molar-refractivity contribution in [2.45, 2.75) is 63.4 Å². The van der Waals surface area contributed by atoms with E-state index in [-0.39, 0.29) is 31.0 Å². The smallest absolute Gasteiger partial charge is 0.374 e. The number of aryl methyl sites for hydroxylation is 1. The monoisotopic (exact) mass is 520 g/mol. The van der Waals surface area contributed by atoms with Gasteiger partial charge in [-0.2, -0.15) is 0 Å². The Morgan fingerprint density at radius 1 is 1.19 bits per heavy atom. The predicted molar refractivity (Wildman–Crippen MR) is 136 cm³/mol. The normalized spacial score (nSPS) is 21.1. The fourth-order valence-corrected chi connectivity index (χ4v) is 5.89. The van der Waals surface area contributed by atoms with Crippen molar-refractivity contribution >= 4 is 35.5 Å². The van der Waals surface area contributed by atoms with Gasteiger partial charge >= 0.3 is 5.97 Å². The number of benzene rings is 1. The molecule has 2 fully saturated rings. The molecule has 0 aromatic heterocycles. The van der Waals surface area contributed by atoms with E-state index in [0.29, 0.717) is 25.9 Å². The first-order valence-corrected chi connectivity index (χ1v) is 13.1. The molecule has 0 radical (unpaired) electrons. The van der Waals surface area contributed by atoms with Crippen LogP contribution in [0.5, 0.6) is 5.75 Å². The fraction of sp³-hybridized carbons (Fsp3) is 0.600. The number of methoxy groups -OCH3 is 1. The highest BCUT2D eigenvalue weighted by Gasteiger charge is 2.36. The van der Waals surface area contributed by atoms with Gasteiger partial charge in [0.15, 0.2) is 0 Å². The van der Waals surface area contributed by atoms with Crippen molar-refractivity contribution in [3.8, 4) is 5.75 Å². The van der Waals surface area contributed by atoms with Gasteiger partial charge in [-0.3, -0.25) is 19.1 Å². The van der Waals surface area contributed by atoms with Crippen LogP contribution in [0, 0.1) is 26.7 Å². The quantitative estimate of drug-likeness (QED) is 0.266. The molecule has 1 atom stereocenters. The number of nitrogens with zero attached hydrogens (tertiary/aromatic N) is 1. The predicted octanol–water partition coefficient (Wildman–Crippen LogP) is 1.35. The number of ketones is 1. The van der Waals surface area contributed by atoms with Crippen LogP contribution in [0.15, 0.2) is 11.0 Å². The molecule has 11 heteroatoms. The molecule has 3 rings (SSSR count). The third-order valence-corrected chi connectivity index (χ3v) is 8.38. The lowest BCUT2D eigenvalue weighted by molar-refractivity contribution is -0.151. The van der Waals surface area contributed by atoms with E-state index in [1.165, 1.54) is 4.90 Å². The summed E-state index contributed by atoms with van der Waals surface area (Å²) < 4.78 is 8.98. The molecule has 2 amide bonds. The van der Waals surface area contributed by atoms with Crippen molar-refractivity contribution in [1.29, 1.82) is 0 Å². The van der Waals surface area contributed by atoms with E-state index < -0.39 is 23.7 Å². The third kappa shape index (κ3) is 6.77. The lowest BCUT2D eigenvalue weighted by Crippen LogP contribution is -2.55. The number of carbonyl (C=O) groups is 4. The first-order chi connectivity index (χ1) is 17.1. The first-order valence-electron chi connectivity index (χ1n) is 12.2. The largest absolute Gasteiger partial charge is 0.496 e. The number of ether oxygens (including phenoxy) is 1. The lowest BCUT2D eigenvalue weighted by atomic mass is 9.80. The molecular formula is C25H36N4O6S. The minimum absolute atomic E-state index is 0.162. The first kappa shape index (κ1) is 27.9. The Hall–Kier alpha value is -2.63. The van der Waals surface area contributed by atoms with Crippen LogP contribution in [0.2, 0.25) is 0 Å². The van der Waals surface area contributed by atoms with Crippen molar-refractivity contribution in [2.75, 3.05) is 33.3 Å². The number of amides is 2. The highest BCUT2D eigenvalue weighted by molar-refractivity contribution is 7.97. The topological polar surface area (TPSA) is 137 Å². The van der Waals surface area contributed by atoms with Crippen molar-refractivity contribution in [3.05, 3.63) is 22.8 Å². The second kappa shape index (κ2) is 12.6. The summed E-state index contributed by atoms with van der Waals surface area (Å²) in [6.07, 6.45) is 2.71. The summed E-state index contributed by atoms with van der Waals surface area (Å²) in [6.45, 7) is 7.12. The zero-order chi connectivity index (χ0) is 26.4. The zero-order valence-electron chi connectivity index (χ0n) is 21.3. The van der Waals surface area contributed by atoms with E-state index in [1.54, 1.807) is 19.1 Å². The Morgan fingerprint density at radius 2 is 1.89 bits per heavy atom. The van der Waals surface area contributed by atoms with Crippen molar-refractivity contribution < 1.29 is 29.0 Å². The summed E-state index contributed by atoms with van der Waals surface area (Å²) in [6, 6.07) is 1.12. The van der Waals surface area contributed by atoms with Gasteiger partial charge in [0.05, 0.1) is 20.2 Å². The van der Waals surface area contributed by atoms with Gasteiger partial charge < -0.3 is 25.4 Å². The molecule has 4 N–H and O–H groups in total. The van der Waals surface area contributed by atoms with Crippen LogP contribution in [0.3, 0.4) is 0 Å². The molecule has 1 aromatic carbocycles. The standard InChI is InChI=1S/C25H36N4O6S/c1-14-11-19(35-4)15(2)16(3)24(14)36-28-18-7-5-17(6-8-18)22(23(32)25(33)34)27-20(30)13-29-10-9-26-12-21(29)31/h11,17-18,22,26,28H,5-10,12-13H2,1-4H3,(H,27,30)(H,33,34). The Morgan fingerprint density at radius 3 is 2.50 bits per heavy atom. The molecule has 198 valence electrons. The minimum atomic E-state index is -1.56. The number of rotatable bonds is 10. The van der Waals surface area contributed by atoms with Gasteiger partial charge in [-0.05, 0) is 87.1 Å². The molecule has 10 nitrogen and oxygen atoms in total. The van der Waals surface area contributed by atoms with Crippen LogP contribution in [0.4, 0.5) is 0 Å². The number of hydrogen-bond donors (Lipinski definition) is 4. The molecule has 1 saturated heterocycles. The van der Waals surface area contributed by atoms with Crippen LogP contribution in [-0.2, 0) is 19.2 Å².